The zero-order chi connectivity index (χ0) is 14.4. The largest absolute Gasteiger partial charge is 0.342 e. The van der Waals surface area contributed by atoms with Gasteiger partial charge in [0.15, 0.2) is 0 Å². The van der Waals surface area contributed by atoms with Crippen molar-refractivity contribution in [2.45, 2.75) is 44.6 Å². The Morgan fingerprint density at radius 2 is 1.71 bits per heavy atom. The average Bonchev–Trinajstić information content (AvgIpc) is 3.29. The number of carbonyl (C=O) groups excluding carboxylic acids is 1. The molecule has 0 atom stereocenters. The highest BCUT2D eigenvalue weighted by Crippen LogP contribution is 2.28. The molecule has 0 aromatic carbocycles. The number of hydrogen-bond acceptors (Lipinski definition) is 2. The third kappa shape index (κ3) is 5.84. The molecule has 2 aliphatic rings. The highest BCUT2D eigenvalue weighted by molar-refractivity contribution is 5.85. The van der Waals surface area contributed by atoms with Crippen LogP contribution in [0.25, 0.3) is 0 Å². The van der Waals surface area contributed by atoms with E-state index in [1.807, 2.05) is 17.1 Å². The second kappa shape index (κ2) is 9.26. The number of carbonyl (C=O) groups is 1. The van der Waals surface area contributed by atoms with Crippen LogP contribution in [0.4, 0.5) is 0 Å². The van der Waals surface area contributed by atoms with Crippen molar-refractivity contribution in [2.24, 2.45) is 11.8 Å². The van der Waals surface area contributed by atoms with Gasteiger partial charge in [-0.15, -0.1) is 25.6 Å². The van der Waals surface area contributed by atoms with Crippen molar-refractivity contribution < 1.29 is 4.79 Å². The van der Waals surface area contributed by atoms with E-state index in [2.05, 4.69) is 18.5 Å². The molecule has 3 nitrogen and oxygen atoms in total. The van der Waals surface area contributed by atoms with Crippen molar-refractivity contribution in [3.63, 3.8) is 0 Å². The van der Waals surface area contributed by atoms with Gasteiger partial charge >= 0.3 is 0 Å². The predicted octanol–water partition coefficient (Wildman–Crippen LogP) is 3.17. The summed E-state index contributed by atoms with van der Waals surface area (Å²) in [6.45, 7) is 10.5. The third-order valence-corrected chi connectivity index (χ3v) is 4.45. The number of piperidine rings is 1. The van der Waals surface area contributed by atoms with Gasteiger partial charge in [-0.3, -0.25) is 4.79 Å². The summed E-state index contributed by atoms with van der Waals surface area (Å²) in [5.74, 6) is 1.26. The lowest BCUT2D eigenvalue weighted by atomic mass is 9.97. The molecule has 1 amide bonds. The van der Waals surface area contributed by atoms with Crippen LogP contribution in [0.2, 0.25) is 0 Å². The van der Waals surface area contributed by atoms with E-state index in [4.69, 9.17) is 0 Å². The van der Waals surface area contributed by atoms with E-state index in [0.29, 0.717) is 6.04 Å². The monoisotopic (exact) mass is 312 g/mol. The van der Waals surface area contributed by atoms with Gasteiger partial charge in [-0.05, 0) is 51.0 Å². The van der Waals surface area contributed by atoms with Crippen LogP contribution in [-0.2, 0) is 4.79 Å². The van der Waals surface area contributed by atoms with E-state index in [0.717, 1.165) is 44.7 Å². The molecule has 1 saturated carbocycles. The third-order valence-electron chi connectivity index (χ3n) is 4.45. The molecule has 0 bridgehead atoms. The molecule has 120 valence electrons. The van der Waals surface area contributed by atoms with Crippen LogP contribution < -0.4 is 5.32 Å². The first kappa shape index (κ1) is 18.2. The smallest absolute Gasteiger partial charge is 0.226 e. The topological polar surface area (TPSA) is 32.3 Å². The zero-order valence-corrected chi connectivity index (χ0v) is 13.7. The Kier molecular flexibility index (Phi) is 8.05. The van der Waals surface area contributed by atoms with Crippen LogP contribution in [-0.4, -0.2) is 36.5 Å². The SMILES string of the molecule is C=CCC(CC=C)C(=O)N1CCC(NCC2CC2)CC1.Cl. The van der Waals surface area contributed by atoms with Crippen LogP contribution in [0.5, 0.6) is 0 Å². The van der Waals surface area contributed by atoms with Crippen molar-refractivity contribution in [1.29, 1.82) is 0 Å². The number of likely N-dealkylation sites (tertiary alicyclic amines) is 1. The first-order chi connectivity index (χ1) is 9.74. The molecule has 21 heavy (non-hydrogen) atoms. The summed E-state index contributed by atoms with van der Waals surface area (Å²) in [7, 11) is 0. The summed E-state index contributed by atoms with van der Waals surface area (Å²) in [6, 6.07) is 0.608. The molecule has 0 radical (unpaired) electrons. The van der Waals surface area contributed by atoms with E-state index >= 15 is 0 Å². The van der Waals surface area contributed by atoms with Gasteiger partial charge in [-0.1, -0.05) is 12.2 Å². The summed E-state index contributed by atoms with van der Waals surface area (Å²) >= 11 is 0. The molecule has 1 saturated heterocycles. The maximum Gasteiger partial charge on any atom is 0.226 e. The number of halogens is 1. The molecule has 0 unspecified atom stereocenters. The molecule has 4 heteroatoms. The predicted molar refractivity (Wildman–Crippen MR) is 90.7 cm³/mol. The van der Waals surface area contributed by atoms with Crippen molar-refractivity contribution in [3.8, 4) is 0 Å². The van der Waals surface area contributed by atoms with Crippen LogP contribution >= 0.6 is 12.4 Å². The van der Waals surface area contributed by atoms with Gasteiger partial charge in [-0.2, -0.15) is 0 Å². The minimum atomic E-state index is 0. The highest BCUT2D eigenvalue weighted by atomic mass is 35.5. The maximum absolute atomic E-state index is 12.5. The van der Waals surface area contributed by atoms with Crippen molar-refractivity contribution in [1.82, 2.24) is 10.2 Å². The molecule has 2 rings (SSSR count). The number of nitrogens with zero attached hydrogens (tertiary/aromatic N) is 1. The van der Waals surface area contributed by atoms with E-state index < -0.39 is 0 Å². The fraction of sp³-hybridized carbons (Fsp3) is 0.706. The second-order valence-corrected chi connectivity index (χ2v) is 6.20. The number of nitrogens with one attached hydrogen (secondary N) is 1. The van der Waals surface area contributed by atoms with E-state index in [1.165, 1.54) is 19.4 Å². The summed E-state index contributed by atoms with van der Waals surface area (Å²) in [5, 5.41) is 3.65. The van der Waals surface area contributed by atoms with Gasteiger partial charge in [0.25, 0.3) is 0 Å². The molecule has 2 fully saturated rings. The van der Waals surface area contributed by atoms with Gasteiger partial charge in [-0.25, -0.2) is 0 Å². The Labute approximate surface area is 135 Å². The van der Waals surface area contributed by atoms with Gasteiger partial charge in [0.05, 0.1) is 0 Å². The lowest BCUT2D eigenvalue weighted by Gasteiger charge is -2.34. The second-order valence-electron chi connectivity index (χ2n) is 6.20. The van der Waals surface area contributed by atoms with Gasteiger partial charge in [0, 0.05) is 25.0 Å². The fourth-order valence-electron chi connectivity index (χ4n) is 2.92. The highest BCUT2D eigenvalue weighted by Gasteiger charge is 2.28. The van der Waals surface area contributed by atoms with Gasteiger partial charge in [0.2, 0.25) is 5.91 Å². The Morgan fingerprint density at radius 3 is 2.19 bits per heavy atom. The van der Waals surface area contributed by atoms with Gasteiger partial charge in [0.1, 0.15) is 0 Å². The Hall–Kier alpha value is -0.800. The summed E-state index contributed by atoms with van der Waals surface area (Å²) in [5.41, 5.74) is 0. The Balaban J connectivity index is 0.00000220. The standard InChI is InChI=1S/C17H28N2O.ClH/c1-3-5-15(6-4-2)17(20)19-11-9-16(10-12-19)18-13-14-7-8-14;/h3-4,14-16,18H,1-2,5-13H2;1H. The lowest BCUT2D eigenvalue weighted by Crippen LogP contribution is -2.47. The Morgan fingerprint density at radius 1 is 1.14 bits per heavy atom. The minimum Gasteiger partial charge on any atom is -0.342 e. The average molecular weight is 313 g/mol. The maximum atomic E-state index is 12.5. The molecular weight excluding hydrogens is 284 g/mol. The fourth-order valence-corrected chi connectivity index (χ4v) is 2.92. The van der Waals surface area contributed by atoms with E-state index in [9.17, 15) is 4.79 Å². The normalized spacial score (nSPS) is 19.2. The molecule has 1 aliphatic carbocycles. The van der Waals surface area contributed by atoms with Crippen molar-refractivity contribution >= 4 is 18.3 Å². The summed E-state index contributed by atoms with van der Waals surface area (Å²) < 4.78 is 0. The van der Waals surface area contributed by atoms with E-state index in [1.54, 1.807) is 0 Å². The molecule has 0 aromatic heterocycles. The summed E-state index contributed by atoms with van der Waals surface area (Å²) in [6.07, 6.45) is 10.2. The van der Waals surface area contributed by atoms with Crippen LogP contribution in [0.1, 0.15) is 38.5 Å². The number of allylic oxidation sites excluding steroid dienone is 2. The summed E-state index contributed by atoms with van der Waals surface area (Å²) in [4.78, 5) is 14.5. The van der Waals surface area contributed by atoms with Crippen molar-refractivity contribution in [2.75, 3.05) is 19.6 Å². The lowest BCUT2D eigenvalue weighted by molar-refractivity contribution is -0.136. The molecule has 1 heterocycles. The molecule has 1 aliphatic heterocycles. The zero-order valence-electron chi connectivity index (χ0n) is 12.9. The quantitative estimate of drug-likeness (QED) is 0.698. The van der Waals surface area contributed by atoms with Crippen LogP contribution in [0.3, 0.4) is 0 Å². The molecular formula is C17H29ClN2O. The van der Waals surface area contributed by atoms with Crippen LogP contribution in [0.15, 0.2) is 25.3 Å². The number of amides is 1. The van der Waals surface area contributed by atoms with E-state index in [-0.39, 0.29) is 24.2 Å². The van der Waals surface area contributed by atoms with Gasteiger partial charge < -0.3 is 10.2 Å². The number of rotatable bonds is 8. The Bertz CT molecular complexity index is 337. The van der Waals surface area contributed by atoms with Crippen LogP contribution in [0, 0.1) is 11.8 Å². The molecule has 0 spiro atoms. The minimum absolute atomic E-state index is 0. The first-order valence-electron chi connectivity index (χ1n) is 7.98. The number of hydrogen-bond donors (Lipinski definition) is 1. The molecule has 0 aromatic rings. The first-order valence-corrected chi connectivity index (χ1v) is 7.98. The molecule has 1 N–H and O–H groups in total. The van der Waals surface area contributed by atoms with Crippen molar-refractivity contribution in [3.05, 3.63) is 25.3 Å².